The van der Waals surface area contributed by atoms with E-state index in [0.29, 0.717) is 10.9 Å². The Balaban J connectivity index is 2.80. The topological polar surface area (TPSA) is 109 Å². The van der Waals surface area contributed by atoms with E-state index in [4.69, 9.17) is 5.11 Å². The van der Waals surface area contributed by atoms with Crippen LogP contribution in [-0.4, -0.2) is 26.2 Å². The van der Waals surface area contributed by atoms with Crippen LogP contribution in [-0.2, 0) is 0 Å². The number of nitrogens with one attached hydrogen (secondary N) is 1. The molecule has 0 bridgehead atoms. The summed E-state index contributed by atoms with van der Waals surface area (Å²) in [6.07, 6.45) is 1.29. The number of nitrogens with zero attached hydrogens (tertiary/aromatic N) is 2. The number of hydrogen-bond donors (Lipinski definition) is 2. The third kappa shape index (κ3) is 1.39. The van der Waals surface area contributed by atoms with Crippen molar-refractivity contribution in [3.63, 3.8) is 0 Å². The molecule has 0 amide bonds. The second-order valence-corrected chi connectivity index (χ2v) is 2.89. The zero-order chi connectivity index (χ0) is 11.0. The first-order valence-corrected chi connectivity index (χ1v) is 3.94. The lowest BCUT2D eigenvalue weighted by molar-refractivity contribution is -0.383. The fourth-order valence-electron chi connectivity index (χ4n) is 1.31. The number of aromatic carboxylic acids is 1. The zero-order valence-corrected chi connectivity index (χ0v) is 7.30. The Bertz CT molecular complexity index is 560. The fraction of sp³-hybridized carbons (Fsp3) is 0. The van der Waals surface area contributed by atoms with Crippen molar-refractivity contribution in [2.24, 2.45) is 0 Å². The molecule has 7 nitrogen and oxygen atoms in total. The third-order valence-electron chi connectivity index (χ3n) is 1.98. The molecule has 0 aliphatic rings. The number of nitro benzene ring substituents is 1. The smallest absolute Gasteiger partial charge is 0.336 e. The van der Waals surface area contributed by atoms with Gasteiger partial charge in [-0.05, 0) is 6.07 Å². The molecule has 0 unspecified atom stereocenters. The van der Waals surface area contributed by atoms with Crippen LogP contribution in [0.5, 0.6) is 0 Å². The Kier molecular flexibility index (Phi) is 1.86. The molecule has 0 fully saturated rings. The summed E-state index contributed by atoms with van der Waals surface area (Å²) in [6.45, 7) is 0. The Morgan fingerprint density at radius 3 is 2.87 bits per heavy atom. The summed E-state index contributed by atoms with van der Waals surface area (Å²) in [4.78, 5) is 20.7. The highest BCUT2D eigenvalue weighted by Gasteiger charge is 2.17. The van der Waals surface area contributed by atoms with Gasteiger partial charge in [-0.2, -0.15) is 5.10 Å². The van der Waals surface area contributed by atoms with Crippen LogP contribution in [0.25, 0.3) is 10.9 Å². The molecule has 1 heterocycles. The maximum Gasteiger partial charge on any atom is 0.336 e. The van der Waals surface area contributed by atoms with Crippen molar-refractivity contribution in [1.82, 2.24) is 10.2 Å². The molecular weight excluding hydrogens is 202 g/mol. The average Bonchev–Trinajstić information content (AvgIpc) is 2.62. The number of fused-ring (bicyclic) bond motifs is 1. The lowest BCUT2D eigenvalue weighted by atomic mass is 10.1. The summed E-state index contributed by atoms with van der Waals surface area (Å²) in [5.41, 5.74) is -0.0706. The minimum Gasteiger partial charge on any atom is -0.478 e. The summed E-state index contributed by atoms with van der Waals surface area (Å²) in [6, 6.07) is 2.32. The zero-order valence-electron chi connectivity index (χ0n) is 7.30. The van der Waals surface area contributed by atoms with Crippen LogP contribution in [0.2, 0.25) is 0 Å². The van der Waals surface area contributed by atoms with Crippen LogP contribution < -0.4 is 0 Å². The molecule has 76 valence electrons. The fourth-order valence-corrected chi connectivity index (χ4v) is 1.31. The summed E-state index contributed by atoms with van der Waals surface area (Å²) in [5, 5.41) is 25.8. The Labute approximate surface area is 82.5 Å². The van der Waals surface area contributed by atoms with Crippen molar-refractivity contribution >= 4 is 22.6 Å². The number of aromatic nitrogens is 2. The average molecular weight is 207 g/mol. The third-order valence-corrected chi connectivity index (χ3v) is 1.98. The highest BCUT2D eigenvalue weighted by molar-refractivity contribution is 5.97. The number of H-pyrrole nitrogens is 1. The molecule has 15 heavy (non-hydrogen) atoms. The SMILES string of the molecule is O=C(O)c1cc([N+](=O)[O-])c2cn[nH]c2c1. The normalized spacial score (nSPS) is 10.4. The van der Waals surface area contributed by atoms with E-state index in [9.17, 15) is 14.9 Å². The first-order valence-electron chi connectivity index (χ1n) is 3.94. The van der Waals surface area contributed by atoms with Crippen molar-refractivity contribution in [2.75, 3.05) is 0 Å². The monoisotopic (exact) mass is 207 g/mol. The molecule has 1 aromatic heterocycles. The molecule has 2 N–H and O–H groups in total. The Morgan fingerprint density at radius 1 is 1.53 bits per heavy atom. The number of carboxylic acid groups (broad SMARTS) is 1. The predicted molar refractivity (Wildman–Crippen MR) is 49.7 cm³/mol. The van der Waals surface area contributed by atoms with Crippen LogP contribution in [0.4, 0.5) is 5.69 Å². The molecule has 0 saturated carbocycles. The van der Waals surface area contributed by atoms with Gasteiger partial charge in [0, 0.05) is 6.07 Å². The van der Waals surface area contributed by atoms with Crippen LogP contribution >= 0.6 is 0 Å². The van der Waals surface area contributed by atoms with Gasteiger partial charge in [-0.1, -0.05) is 0 Å². The van der Waals surface area contributed by atoms with Gasteiger partial charge in [0.2, 0.25) is 0 Å². The molecule has 0 radical (unpaired) electrons. The number of hydrogen-bond acceptors (Lipinski definition) is 4. The summed E-state index contributed by atoms with van der Waals surface area (Å²) in [5.74, 6) is -1.21. The van der Waals surface area contributed by atoms with Gasteiger partial charge in [0.1, 0.15) is 0 Å². The van der Waals surface area contributed by atoms with Gasteiger partial charge < -0.3 is 5.11 Å². The molecule has 0 aliphatic heterocycles. The van der Waals surface area contributed by atoms with Crippen molar-refractivity contribution in [1.29, 1.82) is 0 Å². The number of rotatable bonds is 2. The highest BCUT2D eigenvalue weighted by Crippen LogP contribution is 2.25. The molecule has 0 spiro atoms. The van der Waals surface area contributed by atoms with Crippen LogP contribution in [0.1, 0.15) is 10.4 Å². The van der Waals surface area contributed by atoms with E-state index in [-0.39, 0.29) is 11.3 Å². The minimum absolute atomic E-state index is 0.140. The van der Waals surface area contributed by atoms with Gasteiger partial charge in [0.05, 0.1) is 27.6 Å². The molecule has 0 saturated heterocycles. The van der Waals surface area contributed by atoms with Gasteiger partial charge in [-0.25, -0.2) is 4.79 Å². The lowest BCUT2D eigenvalue weighted by Gasteiger charge is -1.96. The molecule has 2 rings (SSSR count). The Morgan fingerprint density at radius 2 is 2.27 bits per heavy atom. The lowest BCUT2D eigenvalue weighted by Crippen LogP contribution is -1.98. The van der Waals surface area contributed by atoms with Gasteiger partial charge in [-0.3, -0.25) is 15.2 Å². The number of benzene rings is 1. The molecule has 2 aromatic rings. The molecule has 0 atom stereocenters. The minimum atomic E-state index is -1.21. The number of nitro groups is 1. The molecule has 7 heteroatoms. The largest absolute Gasteiger partial charge is 0.478 e. The highest BCUT2D eigenvalue weighted by atomic mass is 16.6. The van der Waals surface area contributed by atoms with E-state index in [0.717, 1.165) is 6.07 Å². The Hall–Kier alpha value is -2.44. The van der Waals surface area contributed by atoms with Gasteiger partial charge in [-0.15, -0.1) is 0 Å². The standard InChI is InChI=1S/C8H5N3O4/c12-8(13)4-1-6-5(3-9-10-6)7(2-4)11(14)15/h1-3H,(H,9,10)(H,12,13). The number of carbonyl (C=O) groups is 1. The van der Waals surface area contributed by atoms with E-state index >= 15 is 0 Å². The van der Waals surface area contributed by atoms with Crippen LogP contribution in [0.15, 0.2) is 18.3 Å². The molecular formula is C8H5N3O4. The van der Waals surface area contributed by atoms with E-state index in [1.54, 1.807) is 0 Å². The second-order valence-electron chi connectivity index (χ2n) is 2.89. The number of aromatic amines is 1. The van der Waals surface area contributed by atoms with Crippen molar-refractivity contribution < 1.29 is 14.8 Å². The summed E-state index contributed by atoms with van der Waals surface area (Å²) < 4.78 is 0. The van der Waals surface area contributed by atoms with Crippen LogP contribution in [0.3, 0.4) is 0 Å². The van der Waals surface area contributed by atoms with E-state index in [1.807, 2.05) is 0 Å². The van der Waals surface area contributed by atoms with Gasteiger partial charge >= 0.3 is 5.97 Å². The molecule has 0 aliphatic carbocycles. The molecule has 1 aromatic carbocycles. The first-order chi connectivity index (χ1) is 7.09. The maximum atomic E-state index is 10.7. The summed E-state index contributed by atoms with van der Waals surface area (Å²) >= 11 is 0. The second kappa shape index (κ2) is 3.05. The maximum absolute atomic E-state index is 10.7. The quantitative estimate of drug-likeness (QED) is 0.567. The number of non-ortho nitro benzene ring substituents is 1. The van der Waals surface area contributed by atoms with E-state index in [1.165, 1.54) is 12.3 Å². The van der Waals surface area contributed by atoms with Crippen LogP contribution in [0, 0.1) is 10.1 Å². The number of carboxylic acids is 1. The van der Waals surface area contributed by atoms with Crippen molar-refractivity contribution in [3.05, 3.63) is 34.0 Å². The van der Waals surface area contributed by atoms with Crippen molar-refractivity contribution in [3.8, 4) is 0 Å². The van der Waals surface area contributed by atoms with Gasteiger partial charge in [0.15, 0.2) is 0 Å². The summed E-state index contributed by atoms with van der Waals surface area (Å²) in [7, 11) is 0. The van der Waals surface area contributed by atoms with E-state index < -0.39 is 10.9 Å². The van der Waals surface area contributed by atoms with Crippen molar-refractivity contribution in [2.45, 2.75) is 0 Å². The van der Waals surface area contributed by atoms with E-state index in [2.05, 4.69) is 10.2 Å². The first kappa shape index (κ1) is 9.13. The predicted octanol–water partition coefficient (Wildman–Crippen LogP) is 1.17. The van der Waals surface area contributed by atoms with Gasteiger partial charge in [0.25, 0.3) is 5.69 Å².